The van der Waals surface area contributed by atoms with E-state index in [-0.39, 0.29) is 5.56 Å². The van der Waals surface area contributed by atoms with Gasteiger partial charge in [-0.3, -0.25) is 0 Å². The molecule has 5 nitrogen and oxygen atoms in total. The summed E-state index contributed by atoms with van der Waals surface area (Å²) in [5.74, 6) is -1.02. The minimum atomic E-state index is -1.28. The number of aliphatic imine (C=N–C) groups is 1. The summed E-state index contributed by atoms with van der Waals surface area (Å²) < 4.78 is 0. The molecule has 72 valence electrons. The molecule has 1 amide bonds. The number of hydrogen-bond acceptors (Lipinski definition) is 2. The molecule has 0 aromatic heterocycles. The number of carbonyl (C=O) groups is 2. The Morgan fingerprint density at radius 3 is 2.14 bits per heavy atom. The second-order valence-corrected chi connectivity index (χ2v) is 2.47. The SMILES string of the molecule is O=C(O)/N=C/c1ccc(C(=O)O)cc1. The molecule has 1 rings (SSSR count). The van der Waals surface area contributed by atoms with Crippen molar-refractivity contribution in [1.29, 1.82) is 0 Å². The van der Waals surface area contributed by atoms with Gasteiger partial charge in [0.2, 0.25) is 0 Å². The molecule has 0 aliphatic carbocycles. The fourth-order valence-electron chi connectivity index (χ4n) is 0.842. The summed E-state index contributed by atoms with van der Waals surface area (Å²) in [5.41, 5.74) is 0.690. The van der Waals surface area contributed by atoms with Crippen molar-refractivity contribution in [2.24, 2.45) is 4.99 Å². The van der Waals surface area contributed by atoms with Crippen LogP contribution in [0.4, 0.5) is 4.79 Å². The second-order valence-electron chi connectivity index (χ2n) is 2.47. The van der Waals surface area contributed by atoms with Crippen LogP contribution in [-0.4, -0.2) is 28.5 Å². The van der Waals surface area contributed by atoms with Crippen LogP contribution in [0.5, 0.6) is 0 Å². The Labute approximate surface area is 79.3 Å². The highest BCUT2D eigenvalue weighted by Crippen LogP contribution is 2.02. The fourth-order valence-corrected chi connectivity index (χ4v) is 0.842. The fraction of sp³-hybridized carbons (Fsp3) is 0. The Balaban J connectivity index is 2.83. The quantitative estimate of drug-likeness (QED) is 0.696. The topological polar surface area (TPSA) is 87.0 Å². The third-order valence-corrected chi connectivity index (χ3v) is 1.48. The van der Waals surface area contributed by atoms with Crippen molar-refractivity contribution in [1.82, 2.24) is 0 Å². The summed E-state index contributed by atoms with van der Waals surface area (Å²) in [6, 6.07) is 5.73. The first-order valence-electron chi connectivity index (χ1n) is 3.70. The Morgan fingerprint density at radius 2 is 1.71 bits per heavy atom. The average molecular weight is 193 g/mol. The van der Waals surface area contributed by atoms with Gasteiger partial charge in [-0.05, 0) is 17.7 Å². The maximum atomic E-state index is 10.5. The van der Waals surface area contributed by atoms with Crippen LogP contribution in [0, 0.1) is 0 Å². The zero-order chi connectivity index (χ0) is 10.6. The van der Waals surface area contributed by atoms with E-state index < -0.39 is 12.1 Å². The summed E-state index contributed by atoms with van der Waals surface area (Å²) in [7, 11) is 0. The number of hydrogen-bond donors (Lipinski definition) is 2. The molecule has 0 radical (unpaired) electrons. The number of nitrogens with zero attached hydrogens (tertiary/aromatic N) is 1. The lowest BCUT2D eigenvalue weighted by molar-refractivity contribution is 0.0697. The van der Waals surface area contributed by atoms with Crippen LogP contribution < -0.4 is 0 Å². The van der Waals surface area contributed by atoms with Gasteiger partial charge < -0.3 is 10.2 Å². The van der Waals surface area contributed by atoms with Gasteiger partial charge in [-0.1, -0.05) is 12.1 Å². The van der Waals surface area contributed by atoms with Crippen LogP contribution in [0.15, 0.2) is 29.3 Å². The highest BCUT2D eigenvalue weighted by molar-refractivity contribution is 5.91. The lowest BCUT2D eigenvalue weighted by atomic mass is 10.1. The van der Waals surface area contributed by atoms with Crippen LogP contribution in [0.25, 0.3) is 0 Å². The van der Waals surface area contributed by atoms with Crippen molar-refractivity contribution in [3.63, 3.8) is 0 Å². The number of rotatable bonds is 2. The highest BCUT2D eigenvalue weighted by Gasteiger charge is 2.00. The lowest BCUT2D eigenvalue weighted by Crippen LogP contribution is -1.96. The van der Waals surface area contributed by atoms with Crippen LogP contribution in [0.1, 0.15) is 15.9 Å². The normalized spacial score (nSPS) is 10.3. The summed E-state index contributed by atoms with van der Waals surface area (Å²) in [5, 5.41) is 16.8. The van der Waals surface area contributed by atoms with Crippen LogP contribution in [0.2, 0.25) is 0 Å². The zero-order valence-corrected chi connectivity index (χ0v) is 7.04. The molecular formula is C9H7NO4. The van der Waals surface area contributed by atoms with E-state index in [1.54, 1.807) is 0 Å². The first kappa shape index (κ1) is 9.91. The smallest absolute Gasteiger partial charge is 0.431 e. The lowest BCUT2D eigenvalue weighted by Gasteiger charge is -1.94. The number of carboxylic acid groups (broad SMARTS) is 2. The van der Waals surface area contributed by atoms with Gasteiger partial charge >= 0.3 is 12.1 Å². The third-order valence-electron chi connectivity index (χ3n) is 1.48. The molecule has 1 aromatic carbocycles. The standard InChI is InChI=1S/C9H7NO4/c11-8(12)7-3-1-6(2-4-7)5-10-9(13)14/h1-5H,(H,11,12)(H,13,14)/b10-5+. The molecule has 0 bridgehead atoms. The van der Waals surface area contributed by atoms with Crippen molar-refractivity contribution >= 4 is 18.3 Å². The Morgan fingerprint density at radius 1 is 1.14 bits per heavy atom. The van der Waals surface area contributed by atoms with E-state index in [1.807, 2.05) is 0 Å². The number of amides is 1. The summed E-state index contributed by atoms with van der Waals surface area (Å²) in [4.78, 5) is 23.6. The highest BCUT2D eigenvalue weighted by atomic mass is 16.4. The van der Waals surface area contributed by atoms with E-state index in [1.165, 1.54) is 24.3 Å². The molecule has 0 heterocycles. The van der Waals surface area contributed by atoms with Gasteiger partial charge in [0.1, 0.15) is 0 Å². The Bertz CT molecular complexity index is 380. The summed E-state index contributed by atoms with van der Waals surface area (Å²) in [6.45, 7) is 0. The van der Waals surface area contributed by atoms with Gasteiger partial charge in [-0.25, -0.2) is 9.59 Å². The van der Waals surface area contributed by atoms with E-state index in [4.69, 9.17) is 10.2 Å². The maximum absolute atomic E-state index is 10.5. The summed E-state index contributed by atoms with van der Waals surface area (Å²) in [6.07, 6.45) is -0.138. The van der Waals surface area contributed by atoms with Gasteiger partial charge in [-0.15, -0.1) is 0 Å². The molecular weight excluding hydrogens is 186 g/mol. The monoisotopic (exact) mass is 193 g/mol. The molecule has 0 saturated heterocycles. The van der Waals surface area contributed by atoms with Crippen molar-refractivity contribution in [3.8, 4) is 0 Å². The van der Waals surface area contributed by atoms with Gasteiger partial charge in [0.05, 0.1) is 5.56 Å². The van der Waals surface area contributed by atoms with Crippen molar-refractivity contribution in [2.75, 3.05) is 0 Å². The maximum Gasteiger partial charge on any atom is 0.431 e. The predicted octanol–water partition coefficient (Wildman–Crippen LogP) is 1.48. The molecule has 0 saturated carbocycles. The summed E-state index contributed by atoms with van der Waals surface area (Å²) >= 11 is 0. The second kappa shape index (κ2) is 4.18. The van der Waals surface area contributed by atoms with E-state index in [0.29, 0.717) is 5.56 Å². The molecule has 0 spiro atoms. The third kappa shape index (κ3) is 2.71. The van der Waals surface area contributed by atoms with E-state index in [0.717, 1.165) is 6.21 Å². The molecule has 2 N–H and O–H groups in total. The number of aromatic carboxylic acids is 1. The minimum absolute atomic E-state index is 0.150. The molecule has 0 aliphatic heterocycles. The van der Waals surface area contributed by atoms with Gasteiger partial charge in [0, 0.05) is 6.21 Å². The first-order chi connectivity index (χ1) is 6.59. The average Bonchev–Trinajstić information content (AvgIpc) is 2.15. The van der Waals surface area contributed by atoms with Crippen molar-refractivity contribution in [2.45, 2.75) is 0 Å². The van der Waals surface area contributed by atoms with E-state index in [9.17, 15) is 9.59 Å². The largest absolute Gasteiger partial charge is 0.478 e. The molecule has 0 aliphatic rings. The van der Waals surface area contributed by atoms with Crippen molar-refractivity contribution < 1.29 is 19.8 Å². The molecule has 14 heavy (non-hydrogen) atoms. The van der Waals surface area contributed by atoms with E-state index in [2.05, 4.69) is 4.99 Å². The van der Waals surface area contributed by atoms with Gasteiger partial charge in [0.15, 0.2) is 0 Å². The van der Waals surface area contributed by atoms with Gasteiger partial charge in [0.25, 0.3) is 0 Å². The molecule has 5 heteroatoms. The van der Waals surface area contributed by atoms with Crippen LogP contribution >= 0.6 is 0 Å². The Kier molecular flexibility index (Phi) is 2.96. The van der Waals surface area contributed by atoms with Gasteiger partial charge in [-0.2, -0.15) is 4.99 Å². The molecule has 0 atom stereocenters. The zero-order valence-electron chi connectivity index (χ0n) is 7.04. The number of carboxylic acids is 1. The van der Waals surface area contributed by atoms with Crippen LogP contribution in [0.3, 0.4) is 0 Å². The first-order valence-corrected chi connectivity index (χ1v) is 3.70. The molecule has 0 unspecified atom stereocenters. The predicted molar refractivity (Wildman–Crippen MR) is 49.0 cm³/mol. The Hall–Kier alpha value is -2.17. The molecule has 1 aromatic rings. The molecule has 0 fully saturated rings. The minimum Gasteiger partial charge on any atom is -0.478 e. The number of benzene rings is 1. The van der Waals surface area contributed by atoms with E-state index >= 15 is 0 Å². The van der Waals surface area contributed by atoms with Crippen LogP contribution in [-0.2, 0) is 0 Å². The van der Waals surface area contributed by atoms with Crippen molar-refractivity contribution in [3.05, 3.63) is 35.4 Å².